The van der Waals surface area contributed by atoms with Crippen LogP contribution in [0.2, 0.25) is 0 Å². The van der Waals surface area contributed by atoms with Gasteiger partial charge in [0.2, 0.25) is 5.91 Å². The second-order valence-corrected chi connectivity index (χ2v) is 5.17. The van der Waals surface area contributed by atoms with Crippen molar-refractivity contribution in [3.63, 3.8) is 0 Å². The zero-order valence-electron chi connectivity index (χ0n) is 13.1. The number of benzene rings is 2. The summed E-state index contributed by atoms with van der Waals surface area (Å²) in [7, 11) is 1.69. The predicted octanol–water partition coefficient (Wildman–Crippen LogP) is 3.05. The van der Waals surface area contributed by atoms with Gasteiger partial charge in [-0.3, -0.25) is 9.69 Å². The first-order chi connectivity index (χ1) is 11.5. The fraction of sp³-hybridized carbons (Fsp3) is 0.235. The molecule has 0 saturated carbocycles. The molecule has 24 heavy (non-hydrogen) atoms. The molecule has 0 atom stereocenters. The summed E-state index contributed by atoms with van der Waals surface area (Å²) in [4.78, 5) is 13.5. The summed E-state index contributed by atoms with van der Waals surface area (Å²) in [6, 6.07) is 10.9. The molecule has 0 aliphatic heterocycles. The summed E-state index contributed by atoms with van der Waals surface area (Å²) in [6.45, 7) is 0.784. The number of carbonyl (C=O) groups is 1. The maximum Gasteiger partial charge on any atom is 0.238 e. The number of nitrogens with one attached hydrogen (secondary N) is 1. The van der Waals surface area contributed by atoms with Crippen molar-refractivity contribution >= 4 is 11.6 Å². The minimum Gasteiger partial charge on any atom is -0.492 e. The van der Waals surface area contributed by atoms with Crippen LogP contribution < -0.4 is 10.1 Å². The van der Waals surface area contributed by atoms with E-state index in [9.17, 15) is 18.0 Å². The van der Waals surface area contributed by atoms with Gasteiger partial charge in [-0.15, -0.1) is 0 Å². The monoisotopic (exact) mass is 338 g/mol. The van der Waals surface area contributed by atoms with Gasteiger partial charge in [0.15, 0.2) is 17.5 Å². The zero-order valence-corrected chi connectivity index (χ0v) is 13.1. The molecular weight excluding hydrogens is 321 g/mol. The summed E-state index contributed by atoms with van der Waals surface area (Å²) >= 11 is 0. The van der Waals surface area contributed by atoms with Crippen LogP contribution in [-0.2, 0) is 4.79 Å². The molecule has 2 aromatic rings. The molecule has 1 N–H and O–H groups in total. The van der Waals surface area contributed by atoms with Crippen molar-refractivity contribution in [1.29, 1.82) is 0 Å². The topological polar surface area (TPSA) is 41.6 Å². The van der Waals surface area contributed by atoms with Gasteiger partial charge < -0.3 is 10.1 Å². The fourth-order valence-corrected chi connectivity index (χ4v) is 1.97. The number of amides is 1. The molecule has 0 saturated heterocycles. The predicted molar refractivity (Wildman–Crippen MR) is 84.4 cm³/mol. The van der Waals surface area contributed by atoms with Crippen LogP contribution in [0, 0.1) is 17.5 Å². The third-order valence-electron chi connectivity index (χ3n) is 3.21. The van der Waals surface area contributed by atoms with Gasteiger partial charge in [-0.25, -0.2) is 13.2 Å². The summed E-state index contributed by atoms with van der Waals surface area (Å²) < 4.78 is 44.9. The fourth-order valence-electron chi connectivity index (χ4n) is 1.97. The normalized spacial score (nSPS) is 10.7. The minimum absolute atomic E-state index is 0.0451. The smallest absolute Gasteiger partial charge is 0.238 e. The Bertz CT molecular complexity index is 696. The number of hydrogen-bond acceptors (Lipinski definition) is 3. The number of carbonyl (C=O) groups excluding carboxylic acids is 1. The number of anilines is 1. The molecule has 0 aromatic heterocycles. The van der Waals surface area contributed by atoms with Crippen LogP contribution >= 0.6 is 0 Å². The second-order valence-electron chi connectivity index (χ2n) is 5.17. The number of hydrogen-bond donors (Lipinski definition) is 1. The molecule has 4 nitrogen and oxygen atoms in total. The first-order valence-electron chi connectivity index (χ1n) is 7.27. The zero-order chi connectivity index (χ0) is 17.5. The lowest BCUT2D eigenvalue weighted by Crippen LogP contribution is -2.33. The maximum absolute atomic E-state index is 13.5. The van der Waals surface area contributed by atoms with E-state index in [1.165, 1.54) is 0 Å². The Morgan fingerprint density at radius 3 is 2.50 bits per heavy atom. The van der Waals surface area contributed by atoms with Crippen molar-refractivity contribution in [3.8, 4) is 5.75 Å². The highest BCUT2D eigenvalue weighted by atomic mass is 19.2. The van der Waals surface area contributed by atoms with Crippen molar-refractivity contribution in [2.24, 2.45) is 0 Å². The number of para-hydroxylation sites is 1. The molecular formula is C17H17F3N2O2. The molecule has 0 heterocycles. The number of nitrogens with zero attached hydrogens (tertiary/aromatic N) is 1. The van der Waals surface area contributed by atoms with Gasteiger partial charge in [0.05, 0.1) is 12.2 Å². The quantitative estimate of drug-likeness (QED) is 0.789. The molecule has 0 spiro atoms. The van der Waals surface area contributed by atoms with Crippen molar-refractivity contribution in [2.75, 3.05) is 32.1 Å². The lowest BCUT2D eigenvalue weighted by molar-refractivity contribution is -0.117. The van der Waals surface area contributed by atoms with E-state index in [0.29, 0.717) is 13.2 Å². The van der Waals surface area contributed by atoms with Crippen LogP contribution in [0.3, 0.4) is 0 Å². The van der Waals surface area contributed by atoms with E-state index in [2.05, 4.69) is 5.32 Å². The van der Waals surface area contributed by atoms with Crippen LogP contribution in [-0.4, -0.2) is 37.6 Å². The molecule has 128 valence electrons. The van der Waals surface area contributed by atoms with E-state index in [-0.39, 0.29) is 6.54 Å². The van der Waals surface area contributed by atoms with Gasteiger partial charge in [0, 0.05) is 6.54 Å². The Morgan fingerprint density at radius 1 is 1.08 bits per heavy atom. The van der Waals surface area contributed by atoms with E-state index >= 15 is 0 Å². The summed E-state index contributed by atoms with van der Waals surface area (Å²) in [5.74, 6) is -4.15. The molecule has 1 amide bonds. The van der Waals surface area contributed by atoms with E-state index in [0.717, 1.165) is 17.9 Å². The molecule has 2 rings (SSSR count). The summed E-state index contributed by atoms with van der Waals surface area (Å²) in [5, 5.41) is 2.21. The van der Waals surface area contributed by atoms with Crippen LogP contribution in [0.25, 0.3) is 0 Å². The van der Waals surface area contributed by atoms with Crippen LogP contribution in [0.4, 0.5) is 18.9 Å². The van der Waals surface area contributed by atoms with E-state index in [1.807, 2.05) is 30.3 Å². The Hall–Kier alpha value is -2.54. The lowest BCUT2D eigenvalue weighted by atomic mass is 10.2. The number of rotatable bonds is 7. The number of halogens is 3. The van der Waals surface area contributed by atoms with Gasteiger partial charge in [0.1, 0.15) is 12.4 Å². The Kier molecular flexibility index (Phi) is 6.20. The molecule has 7 heteroatoms. The molecule has 2 aromatic carbocycles. The average molecular weight is 338 g/mol. The Labute approximate surface area is 137 Å². The highest BCUT2D eigenvalue weighted by Crippen LogP contribution is 2.19. The highest BCUT2D eigenvalue weighted by Gasteiger charge is 2.15. The highest BCUT2D eigenvalue weighted by molar-refractivity contribution is 5.92. The van der Waals surface area contributed by atoms with Crippen LogP contribution in [0.15, 0.2) is 42.5 Å². The lowest BCUT2D eigenvalue weighted by Gasteiger charge is -2.17. The SMILES string of the molecule is CN(CCOc1ccccc1)CC(=O)Nc1ccc(F)c(F)c1F. The summed E-state index contributed by atoms with van der Waals surface area (Å²) in [5.41, 5.74) is -0.396. The average Bonchev–Trinajstić information content (AvgIpc) is 2.56. The van der Waals surface area contributed by atoms with Gasteiger partial charge in [-0.1, -0.05) is 18.2 Å². The Morgan fingerprint density at radius 2 is 1.79 bits per heavy atom. The first-order valence-corrected chi connectivity index (χ1v) is 7.27. The molecule has 0 bridgehead atoms. The minimum atomic E-state index is -1.61. The van der Waals surface area contributed by atoms with Crippen molar-refractivity contribution in [3.05, 3.63) is 59.9 Å². The van der Waals surface area contributed by atoms with Crippen molar-refractivity contribution in [2.45, 2.75) is 0 Å². The van der Waals surface area contributed by atoms with Gasteiger partial charge >= 0.3 is 0 Å². The maximum atomic E-state index is 13.5. The molecule has 0 radical (unpaired) electrons. The largest absolute Gasteiger partial charge is 0.492 e. The third-order valence-corrected chi connectivity index (χ3v) is 3.21. The number of likely N-dealkylation sites (N-methyl/N-ethyl adjacent to an activating group) is 1. The van der Waals surface area contributed by atoms with E-state index in [1.54, 1.807) is 11.9 Å². The Balaban J connectivity index is 1.78. The first kappa shape index (κ1) is 17.8. The summed E-state index contributed by atoms with van der Waals surface area (Å²) in [6.07, 6.45) is 0. The van der Waals surface area contributed by atoms with Gasteiger partial charge in [-0.2, -0.15) is 0 Å². The third kappa shape index (κ3) is 4.99. The van der Waals surface area contributed by atoms with Crippen LogP contribution in [0.5, 0.6) is 5.75 Å². The molecule has 0 aliphatic rings. The molecule has 0 fully saturated rings. The molecule has 0 unspecified atom stereocenters. The number of ether oxygens (including phenoxy) is 1. The standard InChI is InChI=1S/C17H17F3N2O2/c1-22(9-10-24-12-5-3-2-4-6-12)11-15(23)21-14-8-7-13(18)16(19)17(14)20/h2-8H,9-11H2,1H3,(H,21,23). The molecule has 0 aliphatic carbocycles. The van der Waals surface area contributed by atoms with Crippen molar-refractivity contribution in [1.82, 2.24) is 4.90 Å². The van der Waals surface area contributed by atoms with Gasteiger partial charge in [0.25, 0.3) is 0 Å². The van der Waals surface area contributed by atoms with Crippen molar-refractivity contribution < 1.29 is 22.7 Å². The van der Waals surface area contributed by atoms with Gasteiger partial charge in [-0.05, 0) is 31.3 Å². The second kappa shape index (κ2) is 8.35. The van der Waals surface area contributed by atoms with E-state index < -0.39 is 29.0 Å². The van der Waals surface area contributed by atoms with Crippen LogP contribution in [0.1, 0.15) is 0 Å². The van der Waals surface area contributed by atoms with E-state index in [4.69, 9.17) is 4.74 Å².